The summed E-state index contributed by atoms with van der Waals surface area (Å²) >= 11 is 0. The molecule has 1 aliphatic heterocycles. The summed E-state index contributed by atoms with van der Waals surface area (Å²) in [5.74, 6) is 1.89. The van der Waals surface area contributed by atoms with Crippen LogP contribution in [0.4, 0.5) is 5.69 Å². The first-order valence-electron chi connectivity index (χ1n) is 6.82. The number of Topliss-reactive ketones (excluding diaryl/α,β-unsaturated/α-hetero) is 1. The summed E-state index contributed by atoms with van der Waals surface area (Å²) < 4.78 is 11.0. The van der Waals surface area contributed by atoms with Crippen LogP contribution in [-0.4, -0.2) is 32.6 Å². The van der Waals surface area contributed by atoms with Crippen LogP contribution in [0, 0.1) is 0 Å². The van der Waals surface area contributed by atoms with E-state index in [0.717, 1.165) is 36.7 Å². The molecule has 1 saturated heterocycles. The van der Waals surface area contributed by atoms with Gasteiger partial charge in [-0.3, -0.25) is 4.79 Å². The van der Waals surface area contributed by atoms with Crippen molar-refractivity contribution in [2.45, 2.75) is 26.2 Å². The molecule has 2 rings (SSSR count). The van der Waals surface area contributed by atoms with E-state index in [-0.39, 0.29) is 0 Å². The van der Waals surface area contributed by atoms with E-state index in [9.17, 15) is 4.79 Å². The lowest BCUT2D eigenvalue weighted by Gasteiger charge is -2.28. The third-order valence-corrected chi connectivity index (χ3v) is 3.30. The monoisotopic (exact) mass is 263 g/mol. The number of carbonyl (C=O) groups excluding carboxylic acids is 1. The van der Waals surface area contributed by atoms with Crippen molar-refractivity contribution < 1.29 is 14.3 Å². The minimum atomic E-state index is 0.354. The Morgan fingerprint density at radius 2 is 1.95 bits per heavy atom. The molecule has 4 nitrogen and oxygen atoms in total. The van der Waals surface area contributed by atoms with Gasteiger partial charge < -0.3 is 14.4 Å². The number of ketones is 1. The number of carbonyl (C=O) groups is 1. The van der Waals surface area contributed by atoms with Crippen molar-refractivity contribution in [2.24, 2.45) is 0 Å². The molecule has 1 fully saturated rings. The maximum absolute atomic E-state index is 11.3. The van der Waals surface area contributed by atoms with Crippen LogP contribution in [0.25, 0.3) is 0 Å². The van der Waals surface area contributed by atoms with Gasteiger partial charge in [0.1, 0.15) is 5.78 Å². The number of hydrogen-bond donors (Lipinski definition) is 0. The summed E-state index contributed by atoms with van der Waals surface area (Å²) in [5.41, 5.74) is 1.10. The highest BCUT2D eigenvalue weighted by Gasteiger charge is 2.17. The fraction of sp³-hybridized carbons (Fsp3) is 0.533. The zero-order chi connectivity index (χ0) is 13.7. The van der Waals surface area contributed by atoms with E-state index < -0.39 is 0 Å². The van der Waals surface area contributed by atoms with E-state index in [1.54, 1.807) is 7.11 Å². The van der Waals surface area contributed by atoms with Gasteiger partial charge >= 0.3 is 0 Å². The lowest BCUT2D eigenvalue weighted by Crippen LogP contribution is -2.33. The predicted octanol–water partition coefficient (Wildman–Crippen LogP) is 2.65. The van der Waals surface area contributed by atoms with Gasteiger partial charge in [-0.1, -0.05) is 6.92 Å². The zero-order valence-electron chi connectivity index (χ0n) is 11.6. The lowest BCUT2D eigenvalue weighted by atomic mass is 10.1. The van der Waals surface area contributed by atoms with Gasteiger partial charge in [-0.05, 0) is 18.6 Å². The number of hydrogen-bond acceptors (Lipinski definition) is 4. The second-order valence-corrected chi connectivity index (χ2v) is 4.71. The molecule has 0 saturated carbocycles. The highest BCUT2D eigenvalue weighted by atomic mass is 16.5. The normalized spacial score (nSPS) is 15.5. The van der Waals surface area contributed by atoms with Gasteiger partial charge in [-0.25, -0.2) is 0 Å². The standard InChI is InChI=1S/C15H21NO3/c1-3-10-19-15-11-12(4-5-14(15)18-2)16-8-6-13(17)7-9-16/h4-5,11H,3,6-10H2,1-2H3. The first kappa shape index (κ1) is 13.7. The molecule has 0 aliphatic carbocycles. The Bertz CT molecular complexity index is 435. The number of ether oxygens (including phenoxy) is 2. The molecule has 0 aromatic heterocycles. The van der Waals surface area contributed by atoms with Crippen molar-refractivity contribution in [3.8, 4) is 11.5 Å². The quantitative estimate of drug-likeness (QED) is 0.818. The van der Waals surface area contributed by atoms with Crippen molar-refractivity contribution >= 4 is 11.5 Å². The number of benzene rings is 1. The van der Waals surface area contributed by atoms with Gasteiger partial charge in [-0.15, -0.1) is 0 Å². The van der Waals surface area contributed by atoms with Crippen LogP contribution in [0.2, 0.25) is 0 Å². The molecule has 0 atom stereocenters. The van der Waals surface area contributed by atoms with Crippen LogP contribution in [0.1, 0.15) is 26.2 Å². The Hall–Kier alpha value is -1.71. The first-order chi connectivity index (χ1) is 9.24. The van der Waals surface area contributed by atoms with Gasteiger partial charge in [0.05, 0.1) is 13.7 Å². The third kappa shape index (κ3) is 3.40. The number of methoxy groups -OCH3 is 1. The maximum atomic E-state index is 11.3. The number of rotatable bonds is 5. The molecule has 104 valence electrons. The first-order valence-corrected chi connectivity index (χ1v) is 6.82. The molecule has 0 spiro atoms. The molecule has 0 N–H and O–H groups in total. The zero-order valence-corrected chi connectivity index (χ0v) is 11.6. The molecule has 0 bridgehead atoms. The number of anilines is 1. The Morgan fingerprint density at radius 3 is 2.58 bits per heavy atom. The van der Waals surface area contributed by atoms with Gasteiger partial charge in [-0.2, -0.15) is 0 Å². The largest absolute Gasteiger partial charge is 0.493 e. The van der Waals surface area contributed by atoms with E-state index in [1.807, 2.05) is 18.2 Å². The molecule has 0 amide bonds. The predicted molar refractivity (Wildman–Crippen MR) is 75.2 cm³/mol. The summed E-state index contributed by atoms with van der Waals surface area (Å²) in [4.78, 5) is 13.5. The van der Waals surface area contributed by atoms with Crippen molar-refractivity contribution in [1.29, 1.82) is 0 Å². The Kier molecular flexibility index (Phi) is 4.66. The second kappa shape index (κ2) is 6.45. The van der Waals surface area contributed by atoms with Crippen molar-refractivity contribution in [1.82, 2.24) is 0 Å². The lowest BCUT2D eigenvalue weighted by molar-refractivity contribution is -0.119. The van der Waals surface area contributed by atoms with Crippen LogP contribution in [-0.2, 0) is 4.79 Å². The molecule has 1 aromatic carbocycles. The average Bonchev–Trinajstić information content (AvgIpc) is 2.45. The third-order valence-electron chi connectivity index (χ3n) is 3.30. The van der Waals surface area contributed by atoms with Crippen molar-refractivity contribution in [2.75, 3.05) is 31.7 Å². The smallest absolute Gasteiger partial charge is 0.163 e. The van der Waals surface area contributed by atoms with Crippen molar-refractivity contribution in [3.05, 3.63) is 18.2 Å². The van der Waals surface area contributed by atoms with Crippen molar-refractivity contribution in [3.63, 3.8) is 0 Å². The summed E-state index contributed by atoms with van der Waals surface area (Å²) in [6.45, 7) is 4.33. The molecule has 1 aromatic rings. The second-order valence-electron chi connectivity index (χ2n) is 4.71. The van der Waals surface area contributed by atoms with Crippen LogP contribution in [0.5, 0.6) is 11.5 Å². The van der Waals surface area contributed by atoms with E-state index in [4.69, 9.17) is 9.47 Å². The summed E-state index contributed by atoms with van der Waals surface area (Å²) in [6, 6.07) is 5.95. The topological polar surface area (TPSA) is 38.8 Å². The molecule has 0 radical (unpaired) electrons. The van der Waals surface area contributed by atoms with Crippen LogP contribution < -0.4 is 14.4 Å². The summed E-state index contributed by atoms with van der Waals surface area (Å²) in [5, 5.41) is 0. The van der Waals surface area contributed by atoms with Crippen LogP contribution in [0.3, 0.4) is 0 Å². The number of piperidine rings is 1. The molecule has 0 unspecified atom stereocenters. The minimum Gasteiger partial charge on any atom is -0.493 e. The van der Waals surface area contributed by atoms with Gasteiger partial charge in [0, 0.05) is 37.7 Å². The van der Waals surface area contributed by atoms with Crippen LogP contribution in [0.15, 0.2) is 18.2 Å². The SMILES string of the molecule is CCCOc1cc(N2CCC(=O)CC2)ccc1OC. The fourth-order valence-corrected chi connectivity index (χ4v) is 2.20. The number of nitrogens with zero attached hydrogens (tertiary/aromatic N) is 1. The van der Waals surface area contributed by atoms with E-state index in [1.165, 1.54) is 0 Å². The summed E-state index contributed by atoms with van der Waals surface area (Å²) in [6.07, 6.45) is 2.24. The fourth-order valence-electron chi connectivity index (χ4n) is 2.20. The Labute approximate surface area is 114 Å². The van der Waals surface area contributed by atoms with E-state index >= 15 is 0 Å². The average molecular weight is 263 g/mol. The van der Waals surface area contributed by atoms with Gasteiger partial charge in [0.2, 0.25) is 0 Å². The van der Waals surface area contributed by atoms with E-state index in [2.05, 4.69) is 11.8 Å². The Morgan fingerprint density at radius 1 is 1.21 bits per heavy atom. The highest BCUT2D eigenvalue weighted by Crippen LogP contribution is 2.32. The van der Waals surface area contributed by atoms with Crippen LogP contribution >= 0.6 is 0 Å². The summed E-state index contributed by atoms with van der Waals surface area (Å²) in [7, 11) is 1.65. The van der Waals surface area contributed by atoms with Gasteiger partial charge in [0.25, 0.3) is 0 Å². The molecule has 1 aliphatic rings. The molecule has 1 heterocycles. The molecular formula is C15H21NO3. The molecular weight excluding hydrogens is 242 g/mol. The van der Waals surface area contributed by atoms with E-state index in [0.29, 0.717) is 25.2 Å². The minimum absolute atomic E-state index is 0.354. The molecule has 4 heteroatoms. The molecule has 19 heavy (non-hydrogen) atoms. The Balaban J connectivity index is 2.14. The highest BCUT2D eigenvalue weighted by molar-refractivity contribution is 5.81. The van der Waals surface area contributed by atoms with Gasteiger partial charge in [0.15, 0.2) is 11.5 Å². The maximum Gasteiger partial charge on any atom is 0.163 e.